The van der Waals surface area contributed by atoms with Gasteiger partial charge < -0.3 is 10.1 Å². The molecule has 1 aliphatic rings. The summed E-state index contributed by atoms with van der Waals surface area (Å²) in [5, 5.41) is 3.34. The lowest BCUT2D eigenvalue weighted by Crippen LogP contribution is -2.36. The fraction of sp³-hybridized carbons (Fsp3) is 0.625. The van der Waals surface area contributed by atoms with Crippen LogP contribution in [0.3, 0.4) is 0 Å². The van der Waals surface area contributed by atoms with Gasteiger partial charge in [0, 0.05) is 6.04 Å². The Labute approximate surface area is 111 Å². The van der Waals surface area contributed by atoms with Crippen molar-refractivity contribution in [2.45, 2.75) is 45.3 Å². The van der Waals surface area contributed by atoms with E-state index in [9.17, 15) is 0 Å². The Kier molecular flexibility index (Phi) is 4.79. The van der Waals surface area contributed by atoms with Crippen molar-refractivity contribution in [3.8, 4) is 0 Å². The predicted molar refractivity (Wildman–Crippen MR) is 75.8 cm³/mol. The summed E-state index contributed by atoms with van der Waals surface area (Å²) in [6, 6.07) is 9.16. The first-order chi connectivity index (χ1) is 8.72. The van der Waals surface area contributed by atoms with Crippen LogP contribution in [-0.2, 0) is 11.2 Å². The van der Waals surface area contributed by atoms with Gasteiger partial charge in [-0.2, -0.15) is 0 Å². The van der Waals surface area contributed by atoms with E-state index in [2.05, 4.69) is 43.4 Å². The molecule has 2 unspecified atom stereocenters. The van der Waals surface area contributed by atoms with Crippen LogP contribution in [-0.4, -0.2) is 19.7 Å². The van der Waals surface area contributed by atoms with E-state index in [1.165, 1.54) is 24.0 Å². The van der Waals surface area contributed by atoms with Crippen molar-refractivity contribution < 1.29 is 4.74 Å². The third kappa shape index (κ3) is 3.12. The predicted octanol–water partition coefficient (Wildman–Crippen LogP) is 3.32. The van der Waals surface area contributed by atoms with Crippen molar-refractivity contribution in [1.82, 2.24) is 5.32 Å². The summed E-state index contributed by atoms with van der Waals surface area (Å²) in [7, 11) is 2.02. The molecule has 0 saturated carbocycles. The molecule has 0 aromatic heterocycles. The van der Waals surface area contributed by atoms with Crippen LogP contribution in [0.1, 0.15) is 43.9 Å². The van der Waals surface area contributed by atoms with Crippen LogP contribution >= 0.6 is 0 Å². The highest BCUT2D eigenvalue weighted by molar-refractivity contribution is 5.31. The topological polar surface area (TPSA) is 21.3 Å². The van der Waals surface area contributed by atoms with Crippen LogP contribution in [0.5, 0.6) is 0 Å². The Morgan fingerprint density at radius 3 is 2.83 bits per heavy atom. The molecule has 0 bridgehead atoms. The van der Waals surface area contributed by atoms with E-state index in [0.29, 0.717) is 18.1 Å². The van der Waals surface area contributed by atoms with Crippen molar-refractivity contribution in [1.29, 1.82) is 0 Å². The number of hydrogen-bond acceptors (Lipinski definition) is 2. The maximum atomic E-state index is 6.16. The van der Waals surface area contributed by atoms with Crippen LogP contribution in [0.2, 0.25) is 0 Å². The first kappa shape index (κ1) is 13.6. The average molecular weight is 247 g/mol. The van der Waals surface area contributed by atoms with Gasteiger partial charge in [-0.1, -0.05) is 38.1 Å². The molecule has 18 heavy (non-hydrogen) atoms. The van der Waals surface area contributed by atoms with E-state index >= 15 is 0 Å². The van der Waals surface area contributed by atoms with E-state index in [4.69, 9.17) is 4.74 Å². The fourth-order valence-electron chi connectivity index (χ4n) is 2.71. The highest BCUT2D eigenvalue weighted by atomic mass is 16.5. The van der Waals surface area contributed by atoms with E-state index in [-0.39, 0.29) is 0 Å². The molecule has 0 saturated heterocycles. The Balaban J connectivity index is 1.99. The van der Waals surface area contributed by atoms with Crippen molar-refractivity contribution in [3.05, 3.63) is 35.4 Å². The summed E-state index contributed by atoms with van der Waals surface area (Å²) in [4.78, 5) is 0. The van der Waals surface area contributed by atoms with E-state index in [1.54, 1.807) is 0 Å². The molecule has 1 aromatic carbocycles. The van der Waals surface area contributed by atoms with Gasteiger partial charge in [-0.25, -0.2) is 0 Å². The number of aryl methyl sites for hydroxylation is 1. The van der Waals surface area contributed by atoms with Crippen LogP contribution in [0.25, 0.3) is 0 Å². The van der Waals surface area contributed by atoms with Gasteiger partial charge in [0.05, 0.1) is 12.7 Å². The van der Waals surface area contributed by atoms with Crippen molar-refractivity contribution in [2.75, 3.05) is 13.7 Å². The molecule has 0 spiro atoms. The van der Waals surface area contributed by atoms with Gasteiger partial charge in [0.2, 0.25) is 0 Å². The Hall–Kier alpha value is -0.860. The standard InChI is InChI=1S/C16H25NO/c1-12(2)15(17-3)11-18-16-10-6-8-13-7-4-5-9-14(13)16/h4-5,7,9,12,15-17H,6,8,10-11H2,1-3H3. The van der Waals surface area contributed by atoms with Crippen molar-refractivity contribution in [3.63, 3.8) is 0 Å². The second-order valence-corrected chi connectivity index (χ2v) is 5.55. The molecule has 2 nitrogen and oxygen atoms in total. The molecule has 0 heterocycles. The second kappa shape index (κ2) is 6.35. The minimum Gasteiger partial charge on any atom is -0.372 e. The van der Waals surface area contributed by atoms with Crippen LogP contribution < -0.4 is 5.32 Å². The largest absolute Gasteiger partial charge is 0.372 e. The van der Waals surface area contributed by atoms with Crippen molar-refractivity contribution in [2.24, 2.45) is 5.92 Å². The zero-order valence-electron chi connectivity index (χ0n) is 11.8. The van der Waals surface area contributed by atoms with Gasteiger partial charge in [-0.15, -0.1) is 0 Å². The van der Waals surface area contributed by atoms with E-state index < -0.39 is 0 Å². The fourth-order valence-corrected chi connectivity index (χ4v) is 2.71. The van der Waals surface area contributed by atoms with Gasteiger partial charge in [0.25, 0.3) is 0 Å². The number of hydrogen-bond donors (Lipinski definition) is 1. The van der Waals surface area contributed by atoms with Gasteiger partial charge >= 0.3 is 0 Å². The first-order valence-electron chi connectivity index (χ1n) is 7.09. The van der Waals surface area contributed by atoms with Gasteiger partial charge in [0.15, 0.2) is 0 Å². The SMILES string of the molecule is CNC(COC1CCCc2ccccc21)C(C)C. The number of likely N-dealkylation sites (N-methyl/N-ethyl adjacent to an activating group) is 1. The zero-order valence-corrected chi connectivity index (χ0v) is 11.8. The Morgan fingerprint density at radius 1 is 1.33 bits per heavy atom. The summed E-state index contributed by atoms with van der Waals surface area (Å²) in [5.74, 6) is 0.605. The monoisotopic (exact) mass is 247 g/mol. The quantitative estimate of drug-likeness (QED) is 0.862. The van der Waals surface area contributed by atoms with Crippen LogP contribution in [0.4, 0.5) is 0 Å². The molecular weight excluding hydrogens is 222 g/mol. The molecular formula is C16H25NO. The maximum absolute atomic E-state index is 6.16. The number of nitrogens with one attached hydrogen (secondary N) is 1. The highest BCUT2D eigenvalue weighted by Gasteiger charge is 2.21. The highest BCUT2D eigenvalue weighted by Crippen LogP contribution is 2.32. The number of rotatable bonds is 5. The molecule has 1 aromatic rings. The summed E-state index contributed by atoms with van der Waals surface area (Å²) < 4.78 is 6.16. The molecule has 1 aliphatic carbocycles. The molecule has 2 atom stereocenters. The lowest BCUT2D eigenvalue weighted by Gasteiger charge is -2.28. The molecule has 0 fully saturated rings. The van der Waals surface area contributed by atoms with E-state index in [1.807, 2.05) is 7.05 Å². The molecule has 2 heteroatoms. The molecule has 0 aliphatic heterocycles. The minimum absolute atomic E-state index is 0.296. The van der Waals surface area contributed by atoms with Gasteiger partial charge in [-0.3, -0.25) is 0 Å². The molecule has 100 valence electrons. The number of ether oxygens (including phenoxy) is 1. The van der Waals surface area contributed by atoms with Crippen LogP contribution in [0.15, 0.2) is 24.3 Å². The van der Waals surface area contributed by atoms with Gasteiger partial charge in [0.1, 0.15) is 0 Å². The number of benzene rings is 1. The minimum atomic E-state index is 0.296. The zero-order chi connectivity index (χ0) is 13.0. The van der Waals surface area contributed by atoms with E-state index in [0.717, 1.165) is 13.0 Å². The summed E-state index contributed by atoms with van der Waals surface area (Å²) in [6.45, 7) is 5.27. The lowest BCUT2D eigenvalue weighted by molar-refractivity contribution is 0.0205. The molecule has 1 N–H and O–H groups in total. The van der Waals surface area contributed by atoms with Crippen LogP contribution in [0, 0.1) is 5.92 Å². The normalized spacial score (nSPS) is 20.8. The smallest absolute Gasteiger partial charge is 0.0828 e. The van der Waals surface area contributed by atoms with Crippen molar-refractivity contribution >= 4 is 0 Å². The maximum Gasteiger partial charge on any atom is 0.0828 e. The summed E-state index contributed by atoms with van der Waals surface area (Å²) in [6.07, 6.45) is 3.90. The third-order valence-electron chi connectivity index (χ3n) is 3.97. The molecule has 0 amide bonds. The molecule has 2 rings (SSSR count). The molecule has 0 radical (unpaired) electrons. The van der Waals surface area contributed by atoms with Gasteiger partial charge in [-0.05, 0) is 43.4 Å². The average Bonchev–Trinajstić information content (AvgIpc) is 2.39. The second-order valence-electron chi connectivity index (χ2n) is 5.55. The summed E-state index contributed by atoms with van der Waals surface area (Å²) >= 11 is 0. The number of fused-ring (bicyclic) bond motifs is 1. The Morgan fingerprint density at radius 2 is 2.11 bits per heavy atom. The lowest BCUT2D eigenvalue weighted by atomic mass is 9.89. The first-order valence-corrected chi connectivity index (χ1v) is 7.09. The summed E-state index contributed by atoms with van der Waals surface area (Å²) in [5.41, 5.74) is 2.88. The Bertz CT molecular complexity index is 375. The third-order valence-corrected chi connectivity index (χ3v) is 3.97.